The highest BCUT2D eigenvalue weighted by atomic mass is 35.5. The predicted octanol–water partition coefficient (Wildman–Crippen LogP) is 3.51. The molecule has 2 aromatic rings. The van der Waals surface area contributed by atoms with E-state index in [0.717, 1.165) is 0 Å². The van der Waals surface area contributed by atoms with Crippen molar-refractivity contribution in [3.05, 3.63) is 41.4 Å². The molecular weight excluding hydrogens is 359 g/mol. The Morgan fingerprint density at radius 1 is 1.35 bits per heavy atom. The van der Waals surface area contributed by atoms with Gasteiger partial charge in [-0.25, -0.2) is 14.4 Å². The average molecular weight is 379 g/mol. The molecule has 1 aliphatic rings. The minimum absolute atomic E-state index is 0.0470. The van der Waals surface area contributed by atoms with E-state index in [4.69, 9.17) is 16.3 Å². The molecule has 6 nitrogen and oxygen atoms in total. The van der Waals surface area contributed by atoms with Crippen molar-refractivity contribution in [2.45, 2.75) is 26.3 Å². The molecule has 0 aliphatic carbocycles. The maximum Gasteiger partial charge on any atom is 0.224 e. The first kappa shape index (κ1) is 18.4. The molecular formula is C18H20ClFN4O2. The van der Waals surface area contributed by atoms with Crippen LogP contribution in [0.4, 0.5) is 10.2 Å². The Kier molecular flexibility index (Phi) is 5.56. The monoisotopic (exact) mass is 378 g/mol. The van der Waals surface area contributed by atoms with Crippen LogP contribution in [0.15, 0.2) is 30.6 Å². The van der Waals surface area contributed by atoms with E-state index < -0.39 is 5.82 Å². The Balaban J connectivity index is 1.72. The highest BCUT2D eigenvalue weighted by Crippen LogP contribution is 2.27. The fourth-order valence-corrected chi connectivity index (χ4v) is 3.13. The Hall–Kier alpha value is -2.41. The first-order valence-corrected chi connectivity index (χ1v) is 8.85. The second-order valence-electron chi connectivity index (χ2n) is 6.13. The fourth-order valence-electron chi connectivity index (χ4n) is 2.97. The van der Waals surface area contributed by atoms with Crippen LogP contribution in [0.2, 0.25) is 5.02 Å². The molecule has 1 fully saturated rings. The number of anilines is 1. The normalized spacial score (nSPS) is 17.3. The predicted molar refractivity (Wildman–Crippen MR) is 97.2 cm³/mol. The third-order valence-electron chi connectivity index (χ3n) is 4.31. The SMILES string of the molecule is CCC(=O)N1CCN(c2cc(Oc3ccc(Cl)cc3F)ncn2)C[C@H]1C. The van der Waals surface area contributed by atoms with E-state index in [9.17, 15) is 9.18 Å². The summed E-state index contributed by atoms with van der Waals surface area (Å²) in [5, 5.41) is 0.298. The second-order valence-corrected chi connectivity index (χ2v) is 6.56. The molecule has 138 valence electrons. The van der Waals surface area contributed by atoms with Crippen LogP contribution in [-0.2, 0) is 4.79 Å². The summed E-state index contributed by atoms with van der Waals surface area (Å²) in [5.41, 5.74) is 0. The number of nitrogens with zero attached hydrogens (tertiary/aromatic N) is 4. The molecule has 0 unspecified atom stereocenters. The molecule has 26 heavy (non-hydrogen) atoms. The molecule has 0 saturated carbocycles. The standard InChI is InChI=1S/C18H20ClFN4O2/c1-3-18(25)24-7-6-23(10-12(24)2)16-9-17(22-11-21-16)26-15-5-4-13(19)8-14(15)20/h4-5,8-9,11-12H,3,6-7,10H2,1-2H3/t12-/m1/s1. The zero-order valence-corrected chi connectivity index (χ0v) is 15.4. The molecule has 1 aromatic carbocycles. The average Bonchev–Trinajstić information content (AvgIpc) is 2.63. The van der Waals surface area contributed by atoms with Crippen molar-refractivity contribution >= 4 is 23.3 Å². The van der Waals surface area contributed by atoms with Gasteiger partial charge in [0, 0.05) is 43.2 Å². The molecule has 1 saturated heterocycles. The number of halogens is 2. The Bertz CT molecular complexity index is 805. The zero-order chi connectivity index (χ0) is 18.7. The van der Waals surface area contributed by atoms with Crippen molar-refractivity contribution in [1.82, 2.24) is 14.9 Å². The van der Waals surface area contributed by atoms with Crippen molar-refractivity contribution in [3.63, 3.8) is 0 Å². The van der Waals surface area contributed by atoms with Gasteiger partial charge < -0.3 is 14.5 Å². The topological polar surface area (TPSA) is 58.6 Å². The quantitative estimate of drug-likeness (QED) is 0.814. The summed E-state index contributed by atoms with van der Waals surface area (Å²) in [6, 6.07) is 5.94. The lowest BCUT2D eigenvalue weighted by Gasteiger charge is -2.40. The maximum absolute atomic E-state index is 13.9. The summed E-state index contributed by atoms with van der Waals surface area (Å²) in [6.45, 7) is 5.85. The minimum atomic E-state index is -0.557. The van der Waals surface area contributed by atoms with Gasteiger partial charge in [0.15, 0.2) is 11.6 Å². The number of carbonyl (C=O) groups excluding carboxylic acids is 1. The van der Waals surface area contributed by atoms with Crippen LogP contribution in [0, 0.1) is 5.82 Å². The first-order chi connectivity index (χ1) is 12.5. The van der Waals surface area contributed by atoms with Gasteiger partial charge in [-0.15, -0.1) is 0 Å². The van der Waals surface area contributed by atoms with Crippen LogP contribution in [0.5, 0.6) is 11.6 Å². The molecule has 0 radical (unpaired) electrons. The van der Waals surface area contributed by atoms with Crippen LogP contribution in [0.3, 0.4) is 0 Å². The molecule has 1 aromatic heterocycles. The van der Waals surface area contributed by atoms with E-state index in [2.05, 4.69) is 14.9 Å². The number of rotatable bonds is 4. The van der Waals surface area contributed by atoms with E-state index in [0.29, 0.717) is 36.9 Å². The molecule has 0 bridgehead atoms. The molecule has 1 amide bonds. The van der Waals surface area contributed by atoms with Gasteiger partial charge in [0.25, 0.3) is 0 Å². The lowest BCUT2D eigenvalue weighted by Crippen LogP contribution is -2.54. The number of amides is 1. The van der Waals surface area contributed by atoms with Gasteiger partial charge in [0.1, 0.15) is 12.1 Å². The molecule has 2 heterocycles. The summed E-state index contributed by atoms with van der Waals surface area (Å²) in [7, 11) is 0. The van der Waals surface area contributed by atoms with Crippen molar-refractivity contribution in [2.24, 2.45) is 0 Å². The Morgan fingerprint density at radius 3 is 2.85 bits per heavy atom. The van der Waals surface area contributed by atoms with Crippen LogP contribution < -0.4 is 9.64 Å². The first-order valence-electron chi connectivity index (χ1n) is 8.47. The van der Waals surface area contributed by atoms with E-state index in [1.54, 1.807) is 12.1 Å². The zero-order valence-electron chi connectivity index (χ0n) is 14.7. The number of hydrogen-bond donors (Lipinski definition) is 0. The van der Waals surface area contributed by atoms with Crippen LogP contribution in [0.25, 0.3) is 0 Å². The fraction of sp³-hybridized carbons (Fsp3) is 0.389. The summed E-state index contributed by atoms with van der Waals surface area (Å²) >= 11 is 5.75. The molecule has 0 N–H and O–H groups in total. The molecule has 0 spiro atoms. The van der Waals surface area contributed by atoms with Crippen molar-refractivity contribution in [3.8, 4) is 11.6 Å². The van der Waals surface area contributed by atoms with Gasteiger partial charge in [-0.3, -0.25) is 4.79 Å². The summed E-state index contributed by atoms with van der Waals surface area (Å²) < 4.78 is 19.4. The van der Waals surface area contributed by atoms with Gasteiger partial charge in [-0.05, 0) is 25.1 Å². The number of carbonyl (C=O) groups is 1. The molecule has 1 aliphatic heterocycles. The van der Waals surface area contributed by atoms with Gasteiger partial charge in [0.2, 0.25) is 11.8 Å². The smallest absolute Gasteiger partial charge is 0.224 e. The van der Waals surface area contributed by atoms with Gasteiger partial charge in [0.05, 0.1) is 0 Å². The third-order valence-corrected chi connectivity index (χ3v) is 4.55. The lowest BCUT2D eigenvalue weighted by molar-refractivity contribution is -0.133. The third kappa shape index (κ3) is 4.04. The molecule has 8 heteroatoms. The van der Waals surface area contributed by atoms with Crippen LogP contribution >= 0.6 is 11.6 Å². The number of ether oxygens (including phenoxy) is 1. The van der Waals surface area contributed by atoms with Gasteiger partial charge >= 0.3 is 0 Å². The number of hydrogen-bond acceptors (Lipinski definition) is 5. The van der Waals surface area contributed by atoms with E-state index in [-0.39, 0.29) is 23.6 Å². The van der Waals surface area contributed by atoms with E-state index in [1.807, 2.05) is 18.7 Å². The molecule has 1 atom stereocenters. The van der Waals surface area contributed by atoms with Crippen molar-refractivity contribution in [2.75, 3.05) is 24.5 Å². The summed E-state index contributed by atoms with van der Waals surface area (Å²) in [6.07, 6.45) is 1.88. The van der Waals surface area contributed by atoms with E-state index >= 15 is 0 Å². The highest BCUT2D eigenvalue weighted by molar-refractivity contribution is 6.30. The van der Waals surface area contributed by atoms with Crippen LogP contribution in [-0.4, -0.2) is 46.5 Å². The Morgan fingerprint density at radius 2 is 2.15 bits per heavy atom. The highest BCUT2D eigenvalue weighted by Gasteiger charge is 2.27. The van der Waals surface area contributed by atoms with Gasteiger partial charge in [-0.1, -0.05) is 18.5 Å². The largest absolute Gasteiger partial charge is 0.436 e. The number of piperazine rings is 1. The van der Waals surface area contributed by atoms with Gasteiger partial charge in [-0.2, -0.15) is 0 Å². The maximum atomic E-state index is 13.9. The summed E-state index contributed by atoms with van der Waals surface area (Å²) in [4.78, 5) is 24.2. The lowest BCUT2D eigenvalue weighted by atomic mass is 10.1. The second kappa shape index (κ2) is 7.86. The Labute approximate surface area is 156 Å². The number of benzene rings is 1. The van der Waals surface area contributed by atoms with Crippen molar-refractivity contribution in [1.29, 1.82) is 0 Å². The summed E-state index contributed by atoms with van der Waals surface area (Å²) in [5.74, 6) is 0.571. The number of aromatic nitrogens is 2. The van der Waals surface area contributed by atoms with E-state index in [1.165, 1.54) is 18.5 Å². The van der Waals surface area contributed by atoms with Crippen LogP contribution in [0.1, 0.15) is 20.3 Å². The molecule has 3 rings (SSSR count). The minimum Gasteiger partial charge on any atom is -0.436 e. The van der Waals surface area contributed by atoms with Crippen molar-refractivity contribution < 1.29 is 13.9 Å².